The SMILES string of the molecule is CCN1CCOC(C(N)c2ccc3cccnc3c2)C1. The van der Waals surface area contributed by atoms with Crippen molar-refractivity contribution < 1.29 is 4.74 Å². The number of fused-ring (bicyclic) bond motifs is 1. The van der Waals surface area contributed by atoms with Gasteiger partial charge >= 0.3 is 0 Å². The molecule has 20 heavy (non-hydrogen) atoms. The minimum Gasteiger partial charge on any atom is -0.374 e. The van der Waals surface area contributed by atoms with Crippen LogP contribution >= 0.6 is 0 Å². The highest BCUT2D eigenvalue weighted by atomic mass is 16.5. The molecule has 0 bridgehead atoms. The van der Waals surface area contributed by atoms with Crippen molar-refractivity contribution in [1.82, 2.24) is 9.88 Å². The predicted molar refractivity (Wildman–Crippen MR) is 80.5 cm³/mol. The number of morpholine rings is 1. The number of benzene rings is 1. The van der Waals surface area contributed by atoms with Crippen molar-refractivity contribution in [3.05, 3.63) is 42.1 Å². The van der Waals surface area contributed by atoms with Gasteiger partial charge in [-0.2, -0.15) is 0 Å². The molecule has 3 rings (SSSR count). The monoisotopic (exact) mass is 271 g/mol. The maximum absolute atomic E-state index is 6.40. The highest BCUT2D eigenvalue weighted by molar-refractivity contribution is 5.79. The first-order valence-electron chi connectivity index (χ1n) is 7.22. The van der Waals surface area contributed by atoms with Crippen molar-refractivity contribution in [3.8, 4) is 0 Å². The van der Waals surface area contributed by atoms with Gasteiger partial charge in [0.05, 0.1) is 24.3 Å². The normalized spacial score (nSPS) is 22.0. The Morgan fingerprint density at radius 3 is 3.20 bits per heavy atom. The van der Waals surface area contributed by atoms with E-state index >= 15 is 0 Å². The van der Waals surface area contributed by atoms with Gasteiger partial charge in [0.15, 0.2) is 0 Å². The number of pyridine rings is 1. The van der Waals surface area contributed by atoms with Crippen molar-refractivity contribution in [2.45, 2.75) is 19.1 Å². The van der Waals surface area contributed by atoms with Crippen LogP contribution in [0.15, 0.2) is 36.5 Å². The largest absolute Gasteiger partial charge is 0.374 e. The van der Waals surface area contributed by atoms with E-state index in [9.17, 15) is 0 Å². The van der Waals surface area contributed by atoms with Gasteiger partial charge in [0.2, 0.25) is 0 Å². The molecule has 2 heterocycles. The van der Waals surface area contributed by atoms with E-state index in [4.69, 9.17) is 10.5 Å². The highest BCUT2D eigenvalue weighted by Crippen LogP contribution is 2.23. The number of ether oxygens (including phenoxy) is 1. The standard InChI is InChI=1S/C16H21N3O/c1-2-19-8-9-20-15(11-19)16(17)13-6-5-12-4-3-7-18-14(12)10-13/h3-7,10,15-16H,2,8-9,11,17H2,1H3. The summed E-state index contributed by atoms with van der Waals surface area (Å²) in [6.07, 6.45) is 1.87. The van der Waals surface area contributed by atoms with Gasteiger partial charge in [0, 0.05) is 24.7 Å². The average Bonchev–Trinajstić information content (AvgIpc) is 2.53. The first-order chi connectivity index (χ1) is 9.78. The Balaban J connectivity index is 1.82. The number of likely N-dealkylation sites (N-methyl/N-ethyl adjacent to an activating group) is 1. The number of hydrogen-bond acceptors (Lipinski definition) is 4. The van der Waals surface area contributed by atoms with Gasteiger partial charge < -0.3 is 10.5 Å². The molecule has 0 radical (unpaired) electrons. The summed E-state index contributed by atoms with van der Waals surface area (Å²) in [5.74, 6) is 0. The molecule has 1 aromatic heterocycles. The summed E-state index contributed by atoms with van der Waals surface area (Å²) in [6, 6.07) is 10.2. The molecule has 106 valence electrons. The number of aromatic nitrogens is 1. The summed E-state index contributed by atoms with van der Waals surface area (Å²) >= 11 is 0. The molecular weight excluding hydrogens is 250 g/mol. The second-order valence-corrected chi connectivity index (χ2v) is 5.28. The summed E-state index contributed by atoms with van der Waals surface area (Å²) in [6.45, 7) is 5.88. The number of hydrogen-bond donors (Lipinski definition) is 1. The molecule has 1 saturated heterocycles. The van der Waals surface area contributed by atoms with Crippen LogP contribution in [0.3, 0.4) is 0 Å². The average molecular weight is 271 g/mol. The Morgan fingerprint density at radius 2 is 2.35 bits per heavy atom. The molecule has 1 aromatic carbocycles. The zero-order chi connectivity index (χ0) is 13.9. The molecule has 0 amide bonds. The van der Waals surface area contributed by atoms with E-state index in [1.54, 1.807) is 0 Å². The maximum Gasteiger partial charge on any atom is 0.0894 e. The van der Waals surface area contributed by atoms with Crippen molar-refractivity contribution in [2.75, 3.05) is 26.2 Å². The van der Waals surface area contributed by atoms with Gasteiger partial charge in [-0.15, -0.1) is 0 Å². The molecule has 0 saturated carbocycles. The fourth-order valence-electron chi connectivity index (χ4n) is 2.74. The van der Waals surface area contributed by atoms with Crippen LogP contribution < -0.4 is 5.73 Å². The van der Waals surface area contributed by atoms with Crippen molar-refractivity contribution in [2.24, 2.45) is 5.73 Å². The molecule has 0 aliphatic carbocycles. The molecule has 4 heteroatoms. The van der Waals surface area contributed by atoms with E-state index in [-0.39, 0.29) is 12.1 Å². The van der Waals surface area contributed by atoms with Gasteiger partial charge in [-0.1, -0.05) is 25.1 Å². The maximum atomic E-state index is 6.40. The molecule has 2 unspecified atom stereocenters. The van der Waals surface area contributed by atoms with Crippen LogP contribution in [0.2, 0.25) is 0 Å². The molecule has 1 fully saturated rings. The third kappa shape index (κ3) is 2.68. The van der Waals surface area contributed by atoms with Gasteiger partial charge in [-0.25, -0.2) is 0 Å². The van der Waals surface area contributed by atoms with E-state index in [1.807, 2.05) is 12.3 Å². The lowest BCUT2D eigenvalue weighted by Gasteiger charge is -2.35. The van der Waals surface area contributed by atoms with Crippen molar-refractivity contribution >= 4 is 10.9 Å². The summed E-state index contributed by atoms with van der Waals surface area (Å²) < 4.78 is 5.85. The van der Waals surface area contributed by atoms with Gasteiger partial charge in [0.1, 0.15) is 0 Å². The van der Waals surface area contributed by atoms with Gasteiger partial charge in [-0.05, 0) is 24.2 Å². The van der Waals surface area contributed by atoms with Crippen LogP contribution in [-0.2, 0) is 4.74 Å². The first kappa shape index (κ1) is 13.5. The smallest absolute Gasteiger partial charge is 0.0894 e. The van der Waals surface area contributed by atoms with Crippen LogP contribution in [0, 0.1) is 0 Å². The molecular formula is C16H21N3O. The Bertz CT molecular complexity index is 587. The Morgan fingerprint density at radius 1 is 1.45 bits per heavy atom. The molecule has 4 nitrogen and oxygen atoms in total. The van der Waals surface area contributed by atoms with Gasteiger partial charge in [-0.3, -0.25) is 9.88 Å². The third-order valence-electron chi connectivity index (χ3n) is 4.04. The van der Waals surface area contributed by atoms with E-state index in [0.29, 0.717) is 0 Å². The van der Waals surface area contributed by atoms with E-state index < -0.39 is 0 Å². The fourth-order valence-corrected chi connectivity index (χ4v) is 2.74. The summed E-state index contributed by atoms with van der Waals surface area (Å²) in [7, 11) is 0. The van der Waals surface area contributed by atoms with Crippen LogP contribution in [0.25, 0.3) is 10.9 Å². The second-order valence-electron chi connectivity index (χ2n) is 5.28. The Kier molecular flexibility index (Phi) is 3.96. The minimum atomic E-state index is -0.101. The van der Waals surface area contributed by atoms with E-state index in [1.165, 1.54) is 0 Å². The second kappa shape index (κ2) is 5.87. The summed E-state index contributed by atoms with van der Waals surface area (Å²) in [4.78, 5) is 6.78. The molecule has 2 atom stereocenters. The zero-order valence-electron chi connectivity index (χ0n) is 11.8. The number of rotatable bonds is 3. The third-order valence-corrected chi connectivity index (χ3v) is 4.04. The van der Waals surface area contributed by atoms with Crippen molar-refractivity contribution in [3.63, 3.8) is 0 Å². The van der Waals surface area contributed by atoms with Crippen molar-refractivity contribution in [1.29, 1.82) is 0 Å². The molecule has 0 spiro atoms. The molecule has 1 aliphatic heterocycles. The minimum absolute atomic E-state index is 0.0601. The van der Waals surface area contributed by atoms with Crippen LogP contribution in [0.5, 0.6) is 0 Å². The molecule has 2 N–H and O–H groups in total. The first-order valence-corrected chi connectivity index (χ1v) is 7.22. The lowest BCUT2D eigenvalue weighted by molar-refractivity contribution is -0.0392. The van der Waals surface area contributed by atoms with Crippen LogP contribution in [-0.4, -0.2) is 42.2 Å². The van der Waals surface area contributed by atoms with Crippen LogP contribution in [0.1, 0.15) is 18.5 Å². The predicted octanol–water partition coefficient (Wildman–Crippen LogP) is 1.96. The zero-order valence-corrected chi connectivity index (χ0v) is 11.8. The summed E-state index contributed by atoms with van der Waals surface area (Å²) in [5.41, 5.74) is 8.48. The van der Waals surface area contributed by atoms with Gasteiger partial charge in [0.25, 0.3) is 0 Å². The molecule has 2 aromatic rings. The number of nitrogens with two attached hydrogens (primary N) is 1. The number of nitrogens with zero attached hydrogens (tertiary/aromatic N) is 2. The molecule has 1 aliphatic rings. The summed E-state index contributed by atoms with van der Waals surface area (Å²) in [5, 5.41) is 1.14. The quantitative estimate of drug-likeness (QED) is 0.927. The lowest BCUT2D eigenvalue weighted by Crippen LogP contribution is -2.46. The fraction of sp³-hybridized carbons (Fsp3) is 0.438. The Hall–Kier alpha value is -1.49. The van der Waals surface area contributed by atoms with E-state index in [2.05, 4.69) is 41.1 Å². The topological polar surface area (TPSA) is 51.4 Å². The van der Waals surface area contributed by atoms with E-state index in [0.717, 1.165) is 42.7 Å². The lowest BCUT2D eigenvalue weighted by atomic mass is 9.99. The Labute approximate surface area is 119 Å². The highest BCUT2D eigenvalue weighted by Gasteiger charge is 2.26. The van der Waals surface area contributed by atoms with Crippen LogP contribution in [0.4, 0.5) is 0 Å².